The van der Waals surface area contributed by atoms with Gasteiger partial charge in [0, 0.05) is 26.2 Å². The lowest BCUT2D eigenvalue weighted by molar-refractivity contribution is -0.0523. The van der Waals surface area contributed by atoms with Crippen molar-refractivity contribution in [2.75, 3.05) is 33.3 Å². The minimum Gasteiger partial charge on any atom is -0.377 e. The zero-order chi connectivity index (χ0) is 15.3. The van der Waals surface area contributed by atoms with Crippen molar-refractivity contribution in [3.8, 4) is 0 Å². The molecule has 1 fully saturated rings. The number of nitrogens with zero attached hydrogens (tertiary/aromatic N) is 1. The van der Waals surface area contributed by atoms with E-state index >= 15 is 0 Å². The number of hydrogen-bond donors (Lipinski definition) is 1. The number of benzene rings is 1. The molecule has 1 aromatic carbocycles. The highest BCUT2D eigenvalue weighted by atomic mass is 16.5. The zero-order valence-electron chi connectivity index (χ0n) is 14.0. The summed E-state index contributed by atoms with van der Waals surface area (Å²) in [5.74, 6) is 0. The van der Waals surface area contributed by atoms with Crippen LogP contribution in [0.25, 0.3) is 0 Å². The number of likely N-dealkylation sites (N-methyl/N-ethyl adjacent to an activating group) is 1. The highest BCUT2D eigenvalue weighted by Crippen LogP contribution is 2.26. The fourth-order valence-corrected chi connectivity index (χ4v) is 3.39. The van der Waals surface area contributed by atoms with Crippen LogP contribution in [0.3, 0.4) is 0 Å². The molecule has 2 unspecified atom stereocenters. The number of methoxy groups -OCH3 is 1. The van der Waals surface area contributed by atoms with Gasteiger partial charge in [0.2, 0.25) is 0 Å². The fraction of sp³-hybridized carbons (Fsp3) is 0.667. The van der Waals surface area contributed by atoms with Crippen LogP contribution in [0.5, 0.6) is 0 Å². The Bertz CT molecular complexity index is 449. The minimum absolute atomic E-state index is 0.0146. The summed E-state index contributed by atoms with van der Waals surface area (Å²) in [6, 6.07) is 9.11. The van der Waals surface area contributed by atoms with E-state index in [1.807, 2.05) is 7.11 Å². The average molecular weight is 290 g/mol. The molecular weight excluding hydrogens is 260 g/mol. The van der Waals surface area contributed by atoms with E-state index in [0.717, 1.165) is 26.1 Å². The van der Waals surface area contributed by atoms with Gasteiger partial charge in [-0.25, -0.2) is 0 Å². The van der Waals surface area contributed by atoms with E-state index in [0.29, 0.717) is 6.04 Å². The average Bonchev–Trinajstić information content (AvgIpc) is 2.48. The van der Waals surface area contributed by atoms with Gasteiger partial charge in [-0.2, -0.15) is 0 Å². The highest BCUT2D eigenvalue weighted by Gasteiger charge is 2.31. The predicted molar refractivity (Wildman–Crippen MR) is 88.7 cm³/mol. The van der Waals surface area contributed by atoms with Crippen LogP contribution in [0.4, 0.5) is 0 Å². The van der Waals surface area contributed by atoms with Crippen LogP contribution in [0.15, 0.2) is 24.3 Å². The number of nitrogens with one attached hydrogen (secondary N) is 1. The number of aryl methyl sites for hydroxylation is 1. The van der Waals surface area contributed by atoms with Crippen LogP contribution >= 0.6 is 0 Å². The predicted octanol–water partition coefficient (Wildman–Crippen LogP) is 3.15. The Morgan fingerprint density at radius 2 is 2.14 bits per heavy atom. The summed E-state index contributed by atoms with van der Waals surface area (Å²) in [4.78, 5) is 2.55. The maximum atomic E-state index is 5.72. The van der Waals surface area contributed by atoms with E-state index in [1.54, 1.807) is 0 Å². The van der Waals surface area contributed by atoms with Crippen molar-refractivity contribution in [1.82, 2.24) is 10.2 Å². The lowest BCUT2D eigenvalue weighted by Gasteiger charge is -2.41. The van der Waals surface area contributed by atoms with E-state index in [9.17, 15) is 0 Å². The highest BCUT2D eigenvalue weighted by molar-refractivity contribution is 5.29. The van der Waals surface area contributed by atoms with E-state index in [2.05, 4.69) is 55.3 Å². The van der Waals surface area contributed by atoms with Crippen LogP contribution in [0.1, 0.15) is 43.9 Å². The zero-order valence-corrected chi connectivity index (χ0v) is 14.0. The number of ether oxygens (including phenoxy) is 1. The van der Waals surface area contributed by atoms with E-state index in [4.69, 9.17) is 4.74 Å². The Morgan fingerprint density at radius 1 is 1.38 bits per heavy atom. The van der Waals surface area contributed by atoms with E-state index in [-0.39, 0.29) is 5.60 Å². The molecule has 21 heavy (non-hydrogen) atoms. The molecule has 1 N–H and O–H groups in total. The molecule has 1 aliphatic rings. The van der Waals surface area contributed by atoms with Crippen LogP contribution < -0.4 is 5.32 Å². The molecule has 2 rings (SSSR count). The van der Waals surface area contributed by atoms with Crippen molar-refractivity contribution in [3.05, 3.63) is 35.4 Å². The van der Waals surface area contributed by atoms with Crippen molar-refractivity contribution >= 4 is 0 Å². The summed E-state index contributed by atoms with van der Waals surface area (Å²) >= 11 is 0. The monoisotopic (exact) mass is 290 g/mol. The van der Waals surface area contributed by atoms with Gasteiger partial charge < -0.3 is 10.1 Å². The molecule has 1 heterocycles. The van der Waals surface area contributed by atoms with Gasteiger partial charge in [0.25, 0.3) is 0 Å². The second-order valence-electron chi connectivity index (χ2n) is 6.46. The first kappa shape index (κ1) is 16.5. The Kier molecular flexibility index (Phi) is 5.80. The van der Waals surface area contributed by atoms with Gasteiger partial charge in [0.1, 0.15) is 0 Å². The number of rotatable bonds is 6. The molecule has 0 radical (unpaired) electrons. The topological polar surface area (TPSA) is 24.5 Å². The Hall–Kier alpha value is -0.900. The summed E-state index contributed by atoms with van der Waals surface area (Å²) in [5, 5.41) is 3.65. The summed E-state index contributed by atoms with van der Waals surface area (Å²) in [6.45, 7) is 10.9. The lowest BCUT2D eigenvalue weighted by Crippen LogP contribution is -2.49. The summed E-state index contributed by atoms with van der Waals surface area (Å²) in [5.41, 5.74) is 2.81. The SMILES string of the molecule is CCNC(CN1CCCC(C)(OC)C1)c1ccccc1C. The molecule has 0 saturated carbocycles. The first-order chi connectivity index (χ1) is 10.1. The Labute approximate surface area is 129 Å². The van der Waals surface area contributed by atoms with Crippen LogP contribution in [0.2, 0.25) is 0 Å². The molecule has 1 aromatic rings. The van der Waals surface area contributed by atoms with E-state index < -0.39 is 0 Å². The summed E-state index contributed by atoms with van der Waals surface area (Å²) in [6.07, 6.45) is 2.38. The maximum absolute atomic E-state index is 5.72. The Balaban J connectivity index is 2.08. The van der Waals surface area contributed by atoms with Crippen molar-refractivity contribution in [2.24, 2.45) is 0 Å². The van der Waals surface area contributed by atoms with Gasteiger partial charge in [-0.15, -0.1) is 0 Å². The first-order valence-corrected chi connectivity index (χ1v) is 8.14. The molecular formula is C18H30N2O. The maximum Gasteiger partial charge on any atom is 0.0777 e. The van der Waals surface area contributed by atoms with Gasteiger partial charge in [0.15, 0.2) is 0 Å². The van der Waals surface area contributed by atoms with Gasteiger partial charge in [-0.05, 0) is 50.9 Å². The normalized spacial score (nSPS) is 25.0. The Morgan fingerprint density at radius 3 is 2.81 bits per heavy atom. The molecule has 2 atom stereocenters. The smallest absolute Gasteiger partial charge is 0.0777 e. The van der Waals surface area contributed by atoms with Gasteiger partial charge in [-0.3, -0.25) is 4.90 Å². The van der Waals surface area contributed by atoms with Gasteiger partial charge in [0.05, 0.1) is 5.60 Å². The molecule has 118 valence electrons. The molecule has 0 aliphatic carbocycles. The molecule has 0 amide bonds. The van der Waals surface area contributed by atoms with Crippen LogP contribution in [-0.2, 0) is 4.74 Å². The van der Waals surface area contributed by atoms with Gasteiger partial charge >= 0.3 is 0 Å². The number of hydrogen-bond acceptors (Lipinski definition) is 3. The number of piperidine rings is 1. The molecule has 0 bridgehead atoms. The van der Waals surface area contributed by atoms with Crippen molar-refractivity contribution in [1.29, 1.82) is 0 Å². The van der Waals surface area contributed by atoms with Crippen molar-refractivity contribution < 1.29 is 4.74 Å². The van der Waals surface area contributed by atoms with E-state index in [1.165, 1.54) is 24.1 Å². The van der Waals surface area contributed by atoms with Crippen molar-refractivity contribution in [2.45, 2.75) is 45.3 Å². The third kappa shape index (κ3) is 4.29. The molecule has 1 aliphatic heterocycles. The fourth-order valence-electron chi connectivity index (χ4n) is 3.39. The molecule has 3 heteroatoms. The largest absolute Gasteiger partial charge is 0.377 e. The summed E-state index contributed by atoms with van der Waals surface area (Å²) in [7, 11) is 1.84. The third-order valence-electron chi connectivity index (χ3n) is 4.69. The molecule has 1 saturated heterocycles. The van der Waals surface area contributed by atoms with Crippen molar-refractivity contribution in [3.63, 3.8) is 0 Å². The molecule has 0 aromatic heterocycles. The van der Waals surface area contributed by atoms with Crippen LogP contribution in [0, 0.1) is 6.92 Å². The minimum atomic E-state index is 0.0146. The summed E-state index contributed by atoms with van der Waals surface area (Å²) < 4.78 is 5.72. The first-order valence-electron chi connectivity index (χ1n) is 8.14. The quantitative estimate of drug-likeness (QED) is 0.871. The third-order valence-corrected chi connectivity index (χ3v) is 4.69. The second kappa shape index (κ2) is 7.39. The standard InChI is InChI=1S/C18H30N2O/c1-5-19-17(16-10-7-6-9-15(16)2)13-20-12-8-11-18(3,14-20)21-4/h6-7,9-10,17,19H,5,8,11-14H2,1-4H3. The van der Waals surface area contributed by atoms with Crippen LogP contribution in [-0.4, -0.2) is 43.8 Å². The lowest BCUT2D eigenvalue weighted by atomic mass is 9.93. The van der Waals surface area contributed by atoms with Gasteiger partial charge in [-0.1, -0.05) is 31.2 Å². The molecule has 0 spiro atoms. The number of likely N-dealkylation sites (tertiary alicyclic amines) is 1. The second-order valence-corrected chi connectivity index (χ2v) is 6.46. The molecule has 3 nitrogen and oxygen atoms in total.